The molecule has 0 aliphatic heterocycles. The Labute approximate surface area is 90.3 Å². The smallest absolute Gasteiger partial charge is 0.271 e. The molecule has 1 aromatic carbocycles. The summed E-state index contributed by atoms with van der Waals surface area (Å²) in [6.07, 6.45) is 1.32. The molecular weight excluding hydrogens is 234 g/mol. The summed E-state index contributed by atoms with van der Waals surface area (Å²) in [7, 11) is -4.27. The average molecular weight is 241 g/mol. The fraction of sp³-hybridized carbons (Fsp3) is 0. The standard InChI is InChI=1S/C8H7N3O4S/c9-16(13,14)15-11-7-4-2-1-3-6(7)5-10-8(11)12/h1-5H,(H2,9,13,14). The number of nitrogens with zero attached hydrogens (tertiary/aromatic N) is 2. The topological polar surface area (TPSA) is 104 Å². The summed E-state index contributed by atoms with van der Waals surface area (Å²) in [6.45, 7) is 0. The zero-order chi connectivity index (χ0) is 11.8. The van der Waals surface area contributed by atoms with Crippen molar-refractivity contribution in [3.8, 4) is 0 Å². The number of nitrogens with two attached hydrogens (primary N) is 1. The van der Waals surface area contributed by atoms with E-state index in [9.17, 15) is 13.2 Å². The third-order valence-electron chi connectivity index (χ3n) is 1.82. The van der Waals surface area contributed by atoms with E-state index < -0.39 is 16.0 Å². The van der Waals surface area contributed by atoms with E-state index >= 15 is 0 Å². The van der Waals surface area contributed by atoms with Crippen molar-refractivity contribution in [3.63, 3.8) is 0 Å². The number of rotatable bonds is 2. The predicted molar refractivity (Wildman–Crippen MR) is 55.7 cm³/mol. The van der Waals surface area contributed by atoms with Gasteiger partial charge in [0.05, 0.1) is 5.52 Å². The molecule has 0 fully saturated rings. The SMILES string of the molecule is NS(=O)(=O)On1c(=O)ncc2ccccc21. The van der Waals surface area contributed by atoms with Gasteiger partial charge in [0, 0.05) is 11.6 Å². The van der Waals surface area contributed by atoms with Crippen molar-refractivity contribution in [1.82, 2.24) is 9.71 Å². The van der Waals surface area contributed by atoms with Gasteiger partial charge in [-0.3, -0.25) is 4.28 Å². The molecule has 16 heavy (non-hydrogen) atoms. The second kappa shape index (κ2) is 3.58. The number of para-hydroxylation sites is 1. The van der Waals surface area contributed by atoms with E-state index in [1.54, 1.807) is 18.2 Å². The molecular formula is C8H7N3O4S. The van der Waals surface area contributed by atoms with Crippen LogP contribution in [0.1, 0.15) is 0 Å². The van der Waals surface area contributed by atoms with Gasteiger partial charge < -0.3 is 0 Å². The minimum Gasteiger partial charge on any atom is -0.271 e. The van der Waals surface area contributed by atoms with E-state index in [1.165, 1.54) is 12.3 Å². The molecule has 0 atom stereocenters. The van der Waals surface area contributed by atoms with E-state index in [0.29, 0.717) is 10.1 Å². The van der Waals surface area contributed by atoms with Crippen LogP contribution in [-0.2, 0) is 10.3 Å². The van der Waals surface area contributed by atoms with E-state index in [-0.39, 0.29) is 5.52 Å². The van der Waals surface area contributed by atoms with Gasteiger partial charge in [0.2, 0.25) is 0 Å². The van der Waals surface area contributed by atoms with Crippen molar-refractivity contribution >= 4 is 21.2 Å². The normalized spacial score (nSPS) is 11.6. The molecule has 0 amide bonds. The molecule has 1 heterocycles. The molecule has 7 nitrogen and oxygen atoms in total. The maximum absolute atomic E-state index is 11.3. The van der Waals surface area contributed by atoms with Gasteiger partial charge in [-0.1, -0.05) is 18.2 Å². The quantitative estimate of drug-likeness (QED) is 0.728. The highest BCUT2D eigenvalue weighted by atomic mass is 32.2. The van der Waals surface area contributed by atoms with Gasteiger partial charge in [-0.2, -0.15) is 18.5 Å². The molecule has 0 saturated carbocycles. The summed E-state index contributed by atoms with van der Waals surface area (Å²) < 4.78 is 26.4. The fourth-order valence-corrected chi connectivity index (χ4v) is 1.59. The van der Waals surface area contributed by atoms with Crippen LogP contribution in [0.25, 0.3) is 10.9 Å². The Morgan fingerprint density at radius 1 is 1.31 bits per heavy atom. The van der Waals surface area contributed by atoms with Gasteiger partial charge in [0.1, 0.15) is 0 Å². The first-order valence-electron chi connectivity index (χ1n) is 4.17. The lowest BCUT2D eigenvalue weighted by Crippen LogP contribution is -2.35. The van der Waals surface area contributed by atoms with Crippen LogP contribution in [0.4, 0.5) is 0 Å². The highest BCUT2D eigenvalue weighted by Gasteiger charge is 2.10. The number of fused-ring (bicyclic) bond motifs is 1. The van der Waals surface area contributed by atoms with E-state index in [0.717, 1.165) is 0 Å². The molecule has 0 spiro atoms. The molecule has 8 heteroatoms. The molecule has 2 N–H and O–H groups in total. The van der Waals surface area contributed by atoms with Crippen LogP contribution in [0.2, 0.25) is 0 Å². The minimum atomic E-state index is -4.27. The maximum Gasteiger partial charge on any atom is 0.398 e. The van der Waals surface area contributed by atoms with Crippen LogP contribution in [0, 0.1) is 0 Å². The average Bonchev–Trinajstić information content (AvgIpc) is 2.21. The fourth-order valence-electron chi connectivity index (χ4n) is 1.24. The molecule has 0 saturated heterocycles. The van der Waals surface area contributed by atoms with Crippen molar-refractivity contribution in [1.29, 1.82) is 0 Å². The molecule has 0 radical (unpaired) electrons. The van der Waals surface area contributed by atoms with Gasteiger partial charge in [-0.05, 0) is 6.07 Å². The molecule has 0 bridgehead atoms. The van der Waals surface area contributed by atoms with Crippen molar-refractivity contribution in [2.75, 3.05) is 0 Å². The lowest BCUT2D eigenvalue weighted by atomic mass is 10.2. The largest absolute Gasteiger partial charge is 0.398 e. The Morgan fingerprint density at radius 2 is 2.00 bits per heavy atom. The highest BCUT2D eigenvalue weighted by molar-refractivity contribution is 7.84. The van der Waals surface area contributed by atoms with Gasteiger partial charge in [-0.15, -0.1) is 4.73 Å². The van der Waals surface area contributed by atoms with Crippen LogP contribution >= 0.6 is 0 Å². The predicted octanol–water partition coefficient (Wildman–Crippen LogP) is -0.971. The summed E-state index contributed by atoms with van der Waals surface area (Å²) in [5.74, 6) is 0. The molecule has 2 aromatic rings. The van der Waals surface area contributed by atoms with E-state index in [2.05, 4.69) is 14.4 Å². The summed E-state index contributed by atoms with van der Waals surface area (Å²) in [4.78, 5) is 14.8. The molecule has 0 aliphatic rings. The molecule has 84 valence electrons. The summed E-state index contributed by atoms with van der Waals surface area (Å²) in [5.41, 5.74) is -0.579. The van der Waals surface area contributed by atoms with Crippen molar-refractivity contribution < 1.29 is 12.7 Å². The van der Waals surface area contributed by atoms with Gasteiger partial charge in [0.15, 0.2) is 0 Å². The van der Waals surface area contributed by atoms with E-state index in [1.807, 2.05) is 0 Å². The lowest BCUT2D eigenvalue weighted by molar-refractivity contribution is 0.276. The summed E-state index contributed by atoms with van der Waals surface area (Å²) in [5, 5.41) is 5.25. The highest BCUT2D eigenvalue weighted by Crippen LogP contribution is 2.08. The Morgan fingerprint density at radius 3 is 2.69 bits per heavy atom. The van der Waals surface area contributed by atoms with Crippen molar-refractivity contribution in [2.24, 2.45) is 5.14 Å². The van der Waals surface area contributed by atoms with Gasteiger partial charge in [-0.25, -0.2) is 4.79 Å². The number of hydrogen-bond acceptors (Lipinski definition) is 5. The second-order valence-electron chi connectivity index (χ2n) is 2.96. The van der Waals surface area contributed by atoms with Crippen LogP contribution in [-0.4, -0.2) is 18.1 Å². The van der Waals surface area contributed by atoms with E-state index in [4.69, 9.17) is 0 Å². The first kappa shape index (κ1) is 10.6. The number of benzene rings is 1. The third kappa shape index (κ3) is 2.02. The van der Waals surface area contributed by atoms with Crippen LogP contribution < -0.4 is 15.1 Å². The lowest BCUT2D eigenvalue weighted by Gasteiger charge is -2.06. The second-order valence-corrected chi connectivity index (χ2v) is 4.10. The molecule has 0 unspecified atom stereocenters. The van der Waals surface area contributed by atoms with Crippen LogP contribution in [0.3, 0.4) is 0 Å². The molecule has 2 rings (SSSR count). The molecule has 1 aromatic heterocycles. The first-order valence-corrected chi connectivity index (χ1v) is 5.64. The first-order chi connectivity index (χ1) is 7.47. The Hall–Kier alpha value is -1.93. The Bertz CT molecular complexity index is 692. The number of hydrogen-bond donors (Lipinski definition) is 1. The molecule has 0 aliphatic carbocycles. The maximum atomic E-state index is 11.3. The van der Waals surface area contributed by atoms with Crippen molar-refractivity contribution in [2.45, 2.75) is 0 Å². The number of aromatic nitrogens is 2. The monoisotopic (exact) mass is 241 g/mol. The summed E-state index contributed by atoms with van der Waals surface area (Å²) in [6, 6.07) is 6.52. The summed E-state index contributed by atoms with van der Waals surface area (Å²) >= 11 is 0. The van der Waals surface area contributed by atoms with Crippen LogP contribution in [0.15, 0.2) is 35.3 Å². The third-order valence-corrected chi connectivity index (χ3v) is 2.18. The Balaban J connectivity index is 2.76. The zero-order valence-electron chi connectivity index (χ0n) is 7.90. The zero-order valence-corrected chi connectivity index (χ0v) is 8.72. The van der Waals surface area contributed by atoms with Gasteiger partial charge in [0.25, 0.3) is 0 Å². The van der Waals surface area contributed by atoms with Crippen molar-refractivity contribution in [3.05, 3.63) is 40.9 Å². The van der Waals surface area contributed by atoms with Gasteiger partial charge >= 0.3 is 16.0 Å². The van der Waals surface area contributed by atoms with Crippen LogP contribution in [0.5, 0.6) is 0 Å². The Kier molecular flexibility index (Phi) is 2.37. The minimum absolute atomic E-state index is 0.275.